The number of hydrogen-bond donors (Lipinski definition) is 2. The molecule has 0 saturated carbocycles. The highest BCUT2D eigenvalue weighted by Crippen LogP contribution is 2.26. The van der Waals surface area contributed by atoms with Crippen LogP contribution in [0.4, 0.5) is 4.79 Å². The third kappa shape index (κ3) is 13.3. The summed E-state index contributed by atoms with van der Waals surface area (Å²) in [6.45, 7) is 13.6. The molecule has 0 fully saturated rings. The summed E-state index contributed by atoms with van der Waals surface area (Å²) < 4.78 is 5.46. The molecule has 0 bridgehead atoms. The number of thioether (sulfide) groups is 1. The van der Waals surface area contributed by atoms with Crippen LogP contribution < -0.4 is 10.6 Å². The Morgan fingerprint density at radius 2 is 1.64 bits per heavy atom. The molecule has 0 radical (unpaired) electrons. The van der Waals surface area contributed by atoms with E-state index in [1.807, 2.05) is 27.0 Å². The lowest BCUT2D eigenvalue weighted by Gasteiger charge is -2.36. The van der Waals surface area contributed by atoms with Gasteiger partial charge in [0.1, 0.15) is 17.7 Å². The largest absolute Gasteiger partial charge is 0.444 e. The zero-order valence-corrected chi connectivity index (χ0v) is 26.0. The minimum Gasteiger partial charge on any atom is -0.444 e. The van der Waals surface area contributed by atoms with Gasteiger partial charge in [-0.1, -0.05) is 50.7 Å². The number of ether oxygens (including phenoxy) is 1. The normalized spacial score (nSPS) is 13.1. The predicted octanol–water partition coefficient (Wildman–Crippen LogP) is 6.07. The number of nitrogens with one attached hydrogen (secondary N) is 2. The van der Waals surface area contributed by atoms with Crippen molar-refractivity contribution in [1.29, 1.82) is 0 Å². The molecule has 1 aromatic carbocycles. The van der Waals surface area contributed by atoms with Crippen LogP contribution in [0.3, 0.4) is 0 Å². The Balaban J connectivity index is 3.50. The lowest BCUT2D eigenvalue weighted by molar-refractivity contribution is -0.143. The second-order valence-corrected chi connectivity index (χ2v) is 12.8. The van der Waals surface area contributed by atoms with Crippen molar-refractivity contribution in [3.05, 3.63) is 35.4 Å². The summed E-state index contributed by atoms with van der Waals surface area (Å²) in [5, 5.41) is 5.84. The van der Waals surface area contributed by atoms with Crippen LogP contribution in [0.5, 0.6) is 0 Å². The van der Waals surface area contributed by atoms with Crippen LogP contribution in [-0.4, -0.2) is 58.5 Å². The first-order chi connectivity index (χ1) is 18.2. The Labute approximate surface area is 240 Å². The Morgan fingerprint density at radius 1 is 1.03 bits per heavy atom. The number of benzene rings is 1. The molecule has 2 unspecified atom stereocenters. The van der Waals surface area contributed by atoms with Crippen LogP contribution in [0, 0.1) is 12.3 Å². The number of carbonyl (C=O) groups is 3. The molecule has 0 aliphatic rings. The van der Waals surface area contributed by atoms with Crippen LogP contribution >= 0.6 is 11.8 Å². The fraction of sp³-hybridized carbons (Fsp3) is 0.645. The molecule has 2 N–H and O–H groups in total. The molecule has 0 aromatic heterocycles. The summed E-state index contributed by atoms with van der Waals surface area (Å²) in [5.41, 5.74) is 0.148. The number of terminal acetylenes is 1. The van der Waals surface area contributed by atoms with Gasteiger partial charge in [-0.3, -0.25) is 9.59 Å². The van der Waals surface area contributed by atoms with Gasteiger partial charge in [-0.15, -0.1) is 6.42 Å². The van der Waals surface area contributed by atoms with Crippen molar-refractivity contribution in [2.45, 2.75) is 110 Å². The van der Waals surface area contributed by atoms with E-state index in [9.17, 15) is 14.4 Å². The van der Waals surface area contributed by atoms with Gasteiger partial charge in [0.15, 0.2) is 0 Å². The smallest absolute Gasteiger partial charge is 0.408 e. The van der Waals surface area contributed by atoms with Crippen LogP contribution in [0.1, 0.15) is 104 Å². The SMILES string of the molecule is C#Cc1ccc(C(C(=O)NC(C)(C)C)N(CCCCCCC)C(=O)C(CCSC)NC(=O)OC(C)(C)C)cc1. The highest BCUT2D eigenvalue weighted by atomic mass is 32.2. The van der Waals surface area contributed by atoms with E-state index in [0.29, 0.717) is 29.8 Å². The molecule has 0 saturated heterocycles. The van der Waals surface area contributed by atoms with Gasteiger partial charge in [0.25, 0.3) is 0 Å². The number of hydrogen-bond acceptors (Lipinski definition) is 5. The Kier molecular flexibility index (Phi) is 14.5. The van der Waals surface area contributed by atoms with Crippen molar-refractivity contribution < 1.29 is 19.1 Å². The number of carbonyl (C=O) groups excluding carboxylic acids is 3. The lowest BCUT2D eigenvalue weighted by Crippen LogP contribution is -2.55. The average molecular weight is 560 g/mol. The first kappa shape index (κ1) is 34.4. The lowest BCUT2D eigenvalue weighted by atomic mass is 9.98. The standard InChI is InChI=1S/C31H49N3O4S/c1-10-12-13-14-15-21-34(28(36)25(20-22-39-9)32-29(37)38-31(6,7)8)26(27(35)33-30(3,4)5)24-18-16-23(11-2)17-19-24/h2,16-19,25-26H,10,12-15,20-22H2,1,3-9H3,(H,32,37)(H,33,35). The maximum atomic E-state index is 14.2. The van der Waals surface area contributed by atoms with Crippen molar-refractivity contribution >= 4 is 29.7 Å². The maximum absolute atomic E-state index is 14.2. The van der Waals surface area contributed by atoms with Crippen LogP contribution in [0.15, 0.2) is 24.3 Å². The van der Waals surface area contributed by atoms with E-state index in [1.54, 1.807) is 61.7 Å². The molecule has 3 amide bonds. The molecule has 218 valence electrons. The highest BCUT2D eigenvalue weighted by molar-refractivity contribution is 7.98. The topological polar surface area (TPSA) is 87.7 Å². The second-order valence-electron chi connectivity index (χ2n) is 11.8. The summed E-state index contributed by atoms with van der Waals surface area (Å²) in [6.07, 6.45) is 12.2. The van der Waals surface area contributed by atoms with Gasteiger partial charge in [-0.25, -0.2) is 4.79 Å². The Bertz CT molecular complexity index is 958. The van der Waals surface area contributed by atoms with E-state index in [1.165, 1.54) is 0 Å². The number of amides is 3. The van der Waals surface area contributed by atoms with E-state index in [-0.39, 0.29) is 11.8 Å². The first-order valence-corrected chi connectivity index (χ1v) is 15.3. The van der Waals surface area contributed by atoms with E-state index >= 15 is 0 Å². The van der Waals surface area contributed by atoms with Crippen molar-refractivity contribution in [1.82, 2.24) is 15.5 Å². The second kappa shape index (κ2) is 16.4. The summed E-state index contributed by atoms with van der Waals surface area (Å²) in [5.74, 6) is 2.68. The zero-order valence-electron chi connectivity index (χ0n) is 25.2. The van der Waals surface area contributed by atoms with Gasteiger partial charge >= 0.3 is 6.09 Å². The van der Waals surface area contributed by atoms with Crippen molar-refractivity contribution in [2.24, 2.45) is 0 Å². The van der Waals surface area contributed by atoms with E-state index in [0.717, 1.165) is 32.1 Å². The van der Waals surface area contributed by atoms with Crippen LogP contribution in [-0.2, 0) is 14.3 Å². The van der Waals surface area contributed by atoms with Crippen molar-refractivity contribution in [2.75, 3.05) is 18.6 Å². The summed E-state index contributed by atoms with van der Waals surface area (Å²) in [6, 6.07) is 5.45. The van der Waals surface area contributed by atoms with Gasteiger partial charge in [0.05, 0.1) is 0 Å². The number of nitrogens with zero attached hydrogens (tertiary/aromatic N) is 1. The Hall–Kier alpha value is -2.66. The molecule has 0 aliphatic carbocycles. The number of alkyl carbamates (subject to hydrolysis) is 1. The van der Waals surface area contributed by atoms with Crippen LogP contribution in [0.25, 0.3) is 0 Å². The van der Waals surface area contributed by atoms with Gasteiger partial charge in [-0.05, 0) is 84.1 Å². The van der Waals surface area contributed by atoms with E-state index in [2.05, 4.69) is 23.5 Å². The van der Waals surface area contributed by atoms with Gasteiger partial charge in [-0.2, -0.15) is 11.8 Å². The molecule has 1 rings (SSSR count). The Morgan fingerprint density at radius 3 is 2.15 bits per heavy atom. The summed E-state index contributed by atoms with van der Waals surface area (Å²) in [4.78, 5) is 42.3. The molecule has 0 heterocycles. The summed E-state index contributed by atoms with van der Waals surface area (Å²) >= 11 is 1.59. The fourth-order valence-corrected chi connectivity index (χ4v) is 4.54. The third-order valence-corrected chi connectivity index (χ3v) is 6.48. The fourth-order valence-electron chi connectivity index (χ4n) is 4.07. The minimum atomic E-state index is -0.882. The molecule has 2 atom stereocenters. The molecule has 7 nitrogen and oxygen atoms in total. The van der Waals surface area contributed by atoms with E-state index < -0.39 is 29.3 Å². The van der Waals surface area contributed by atoms with Gasteiger partial charge in [0, 0.05) is 17.6 Å². The van der Waals surface area contributed by atoms with Crippen molar-refractivity contribution in [3.63, 3.8) is 0 Å². The molecule has 8 heteroatoms. The monoisotopic (exact) mass is 559 g/mol. The maximum Gasteiger partial charge on any atom is 0.408 e. The van der Waals surface area contributed by atoms with Crippen LogP contribution in [0.2, 0.25) is 0 Å². The summed E-state index contributed by atoms with van der Waals surface area (Å²) in [7, 11) is 0. The number of rotatable bonds is 14. The van der Waals surface area contributed by atoms with Crippen molar-refractivity contribution in [3.8, 4) is 12.3 Å². The minimum absolute atomic E-state index is 0.279. The quantitative estimate of drug-likeness (QED) is 0.213. The average Bonchev–Trinajstić information content (AvgIpc) is 2.83. The molecule has 1 aromatic rings. The molecule has 39 heavy (non-hydrogen) atoms. The predicted molar refractivity (Wildman–Crippen MR) is 162 cm³/mol. The number of unbranched alkanes of at least 4 members (excludes halogenated alkanes) is 4. The molecular formula is C31H49N3O4S. The van der Waals surface area contributed by atoms with E-state index in [4.69, 9.17) is 11.2 Å². The molecule has 0 spiro atoms. The molecule has 0 aliphatic heterocycles. The van der Waals surface area contributed by atoms with Gasteiger partial charge < -0.3 is 20.3 Å². The van der Waals surface area contributed by atoms with Gasteiger partial charge in [0.2, 0.25) is 11.8 Å². The molecular weight excluding hydrogens is 510 g/mol. The zero-order chi connectivity index (χ0) is 29.6. The first-order valence-electron chi connectivity index (χ1n) is 13.9. The third-order valence-electron chi connectivity index (χ3n) is 5.84. The highest BCUT2D eigenvalue weighted by Gasteiger charge is 2.37.